The highest BCUT2D eigenvalue weighted by molar-refractivity contribution is 7.89. The van der Waals surface area contributed by atoms with E-state index in [0.29, 0.717) is 0 Å². The third-order valence-electron chi connectivity index (χ3n) is 2.79. The highest BCUT2D eigenvalue weighted by atomic mass is 35.5. The second-order valence-electron chi connectivity index (χ2n) is 4.04. The van der Waals surface area contributed by atoms with Crippen molar-refractivity contribution >= 4 is 31.8 Å². The molecule has 0 radical (unpaired) electrons. The van der Waals surface area contributed by atoms with Gasteiger partial charge in [-0.05, 0) is 11.6 Å². The van der Waals surface area contributed by atoms with Gasteiger partial charge in [0.15, 0.2) is 0 Å². The monoisotopic (exact) mass is 341 g/mol. The average molecular weight is 342 g/mol. The molecule has 2 rings (SSSR count). The molecular weight excluding hydrogens is 330 g/mol. The Balaban J connectivity index is 2.15. The van der Waals surface area contributed by atoms with Crippen molar-refractivity contribution in [2.24, 2.45) is 5.14 Å². The number of nitrogens with two attached hydrogens (primary N) is 1. The fourth-order valence-electron chi connectivity index (χ4n) is 1.75. The van der Waals surface area contributed by atoms with Crippen LogP contribution in [0, 0.1) is 0 Å². The van der Waals surface area contributed by atoms with Gasteiger partial charge in [0.1, 0.15) is 4.90 Å². The van der Waals surface area contributed by atoms with Crippen molar-refractivity contribution in [3.63, 3.8) is 0 Å². The number of piperazine rings is 1. The molecule has 1 aromatic rings. The molecule has 1 aliphatic rings. The number of aromatic nitrogens is 2. The molecule has 0 saturated carbocycles. The molecule has 12 heteroatoms. The first-order chi connectivity index (χ1) is 9.21. The van der Waals surface area contributed by atoms with Gasteiger partial charge in [0.25, 0.3) is 10.2 Å². The Kier molecular flexibility index (Phi) is 4.27. The Morgan fingerprint density at radius 3 is 1.90 bits per heavy atom. The predicted octanol–water partition coefficient (Wildman–Crippen LogP) is -1.36. The van der Waals surface area contributed by atoms with Crippen LogP contribution in [-0.4, -0.2) is 61.6 Å². The second kappa shape index (κ2) is 5.50. The minimum atomic E-state index is -3.80. The van der Waals surface area contributed by atoms with Crippen molar-refractivity contribution in [1.82, 2.24) is 18.6 Å². The van der Waals surface area contributed by atoms with Crippen molar-refractivity contribution in [1.29, 1.82) is 0 Å². The van der Waals surface area contributed by atoms with E-state index in [9.17, 15) is 16.8 Å². The lowest BCUT2D eigenvalue weighted by atomic mass is 10.4. The van der Waals surface area contributed by atoms with Crippen LogP contribution in [0.5, 0.6) is 0 Å². The van der Waals surface area contributed by atoms with Crippen LogP contribution in [0.1, 0.15) is 0 Å². The largest absolute Gasteiger partial charge is 0.276 e. The highest BCUT2D eigenvalue weighted by Gasteiger charge is 2.31. The van der Waals surface area contributed by atoms with Crippen LogP contribution in [0.4, 0.5) is 0 Å². The average Bonchev–Trinajstić information content (AvgIpc) is 2.38. The van der Waals surface area contributed by atoms with Crippen molar-refractivity contribution in [3.05, 3.63) is 17.7 Å². The fourth-order valence-corrected chi connectivity index (χ4v) is 3.83. The maximum Gasteiger partial charge on any atom is 0.276 e. The van der Waals surface area contributed by atoms with Crippen molar-refractivity contribution in [2.75, 3.05) is 26.2 Å². The van der Waals surface area contributed by atoms with E-state index in [4.69, 9.17) is 16.7 Å². The van der Waals surface area contributed by atoms with E-state index >= 15 is 0 Å². The molecule has 1 saturated heterocycles. The van der Waals surface area contributed by atoms with Gasteiger partial charge in [0.2, 0.25) is 15.3 Å². The number of halogens is 1. The maximum absolute atomic E-state index is 12.3. The summed E-state index contributed by atoms with van der Waals surface area (Å²) in [7, 11) is -7.56. The lowest BCUT2D eigenvalue weighted by Crippen LogP contribution is -2.52. The molecule has 0 amide bonds. The second-order valence-corrected chi connectivity index (χ2v) is 7.86. The first-order valence-corrected chi connectivity index (χ1v) is 8.79. The van der Waals surface area contributed by atoms with Gasteiger partial charge in [-0.2, -0.15) is 17.0 Å². The summed E-state index contributed by atoms with van der Waals surface area (Å²) in [5.74, 6) is 0. The molecule has 1 aliphatic heterocycles. The third-order valence-corrected chi connectivity index (χ3v) is 5.92. The van der Waals surface area contributed by atoms with Gasteiger partial charge in [0.05, 0.1) is 12.4 Å². The van der Waals surface area contributed by atoms with E-state index in [1.165, 1.54) is 0 Å². The summed E-state index contributed by atoms with van der Waals surface area (Å²) in [5, 5.41) is 4.94. The first-order valence-electron chi connectivity index (χ1n) is 5.47. The van der Waals surface area contributed by atoms with E-state index < -0.39 is 20.2 Å². The SMILES string of the molecule is NS(=O)(=O)N1CCN(S(=O)(=O)c2cnc(Cl)nc2)CC1. The number of sulfonamides is 1. The quantitative estimate of drug-likeness (QED) is 0.676. The predicted molar refractivity (Wildman–Crippen MR) is 70.5 cm³/mol. The molecule has 2 heterocycles. The standard InChI is InChI=1S/C8H12ClN5O4S2/c9-8-11-5-7(6-12-8)19(15,16)13-1-3-14(4-2-13)20(10,17)18/h5-6H,1-4H2,(H2,10,17,18). The normalized spacial score (nSPS) is 19.1. The molecule has 0 atom stereocenters. The van der Waals surface area contributed by atoms with Gasteiger partial charge in [-0.15, -0.1) is 0 Å². The van der Waals surface area contributed by atoms with Crippen molar-refractivity contribution < 1.29 is 16.8 Å². The van der Waals surface area contributed by atoms with Gasteiger partial charge < -0.3 is 0 Å². The summed E-state index contributed by atoms with van der Waals surface area (Å²) in [6.45, 7) is 0.0435. The van der Waals surface area contributed by atoms with E-state index in [1.807, 2.05) is 0 Å². The van der Waals surface area contributed by atoms with Crippen LogP contribution in [0.25, 0.3) is 0 Å². The van der Waals surface area contributed by atoms with E-state index in [1.54, 1.807) is 0 Å². The molecular formula is C8H12ClN5O4S2. The minimum Gasteiger partial charge on any atom is -0.225 e. The van der Waals surface area contributed by atoms with Crippen LogP contribution in [-0.2, 0) is 20.2 Å². The van der Waals surface area contributed by atoms with Gasteiger partial charge in [-0.1, -0.05) is 0 Å². The van der Waals surface area contributed by atoms with Crippen LogP contribution in [0.2, 0.25) is 5.28 Å². The Labute approximate surface area is 121 Å². The third kappa shape index (κ3) is 3.24. The molecule has 9 nitrogen and oxygen atoms in total. The molecule has 2 N–H and O–H groups in total. The number of rotatable bonds is 3. The van der Waals surface area contributed by atoms with E-state index in [-0.39, 0.29) is 36.4 Å². The number of nitrogens with zero attached hydrogens (tertiary/aromatic N) is 4. The zero-order valence-corrected chi connectivity index (χ0v) is 12.6. The minimum absolute atomic E-state index is 0.00646. The summed E-state index contributed by atoms with van der Waals surface area (Å²) in [4.78, 5) is 7.14. The van der Waals surface area contributed by atoms with Crippen LogP contribution in [0.3, 0.4) is 0 Å². The molecule has 112 valence electrons. The van der Waals surface area contributed by atoms with Crippen LogP contribution >= 0.6 is 11.6 Å². The topological polar surface area (TPSA) is 127 Å². The van der Waals surface area contributed by atoms with Gasteiger partial charge in [-0.25, -0.2) is 23.5 Å². The van der Waals surface area contributed by atoms with Crippen LogP contribution in [0.15, 0.2) is 17.3 Å². The van der Waals surface area contributed by atoms with E-state index in [0.717, 1.165) is 21.0 Å². The molecule has 0 unspecified atom stereocenters. The molecule has 20 heavy (non-hydrogen) atoms. The molecule has 0 aromatic carbocycles. The zero-order chi connectivity index (χ0) is 15.0. The lowest BCUT2D eigenvalue weighted by molar-refractivity contribution is 0.273. The Bertz CT molecular complexity index is 682. The Hall–Kier alpha value is -0.850. The molecule has 0 aliphatic carbocycles. The fraction of sp³-hybridized carbons (Fsp3) is 0.500. The van der Waals surface area contributed by atoms with Gasteiger partial charge in [-0.3, -0.25) is 0 Å². The molecule has 0 bridgehead atoms. The maximum atomic E-state index is 12.3. The lowest BCUT2D eigenvalue weighted by Gasteiger charge is -2.31. The van der Waals surface area contributed by atoms with Gasteiger partial charge >= 0.3 is 0 Å². The summed E-state index contributed by atoms with van der Waals surface area (Å²) < 4.78 is 49.0. The summed E-state index contributed by atoms with van der Waals surface area (Å²) >= 11 is 5.50. The molecule has 0 spiro atoms. The number of hydrogen-bond acceptors (Lipinski definition) is 6. The van der Waals surface area contributed by atoms with Crippen molar-refractivity contribution in [3.8, 4) is 0 Å². The highest BCUT2D eigenvalue weighted by Crippen LogP contribution is 2.17. The van der Waals surface area contributed by atoms with Crippen LogP contribution < -0.4 is 5.14 Å². The first kappa shape index (κ1) is 15.5. The Morgan fingerprint density at radius 2 is 1.45 bits per heavy atom. The van der Waals surface area contributed by atoms with E-state index in [2.05, 4.69) is 9.97 Å². The smallest absolute Gasteiger partial charge is 0.225 e. The Morgan fingerprint density at radius 1 is 1.00 bits per heavy atom. The summed E-state index contributed by atoms with van der Waals surface area (Å²) in [6.07, 6.45) is 2.22. The zero-order valence-electron chi connectivity index (χ0n) is 10.2. The summed E-state index contributed by atoms with van der Waals surface area (Å²) in [5.41, 5.74) is 0. The van der Waals surface area contributed by atoms with Crippen molar-refractivity contribution in [2.45, 2.75) is 4.90 Å². The molecule has 1 fully saturated rings. The number of hydrogen-bond donors (Lipinski definition) is 1. The van der Waals surface area contributed by atoms with Gasteiger partial charge in [0, 0.05) is 26.2 Å². The molecule has 1 aromatic heterocycles. The summed E-state index contributed by atoms with van der Waals surface area (Å²) in [6, 6.07) is 0.